The van der Waals surface area contributed by atoms with Gasteiger partial charge in [-0.2, -0.15) is 0 Å². The molecule has 0 fully saturated rings. The van der Waals surface area contributed by atoms with Gasteiger partial charge in [-0.05, 0) is 50.1 Å². The molecule has 1 atom stereocenters. The van der Waals surface area contributed by atoms with Gasteiger partial charge in [0.15, 0.2) is 0 Å². The van der Waals surface area contributed by atoms with E-state index in [1.807, 2.05) is 0 Å². The van der Waals surface area contributed by atoms with Crippen LogP contribution in [0.4, 0.5) is 0 Å². The first-order valence-electron chi connectivity index (χ1n) is 5.11. The van der Waals surface area contributed by atoms with Crippen molar-refractivity contribution in [2.45, 2.75) is 37.1 Å². The molecule has 14 heavy (non-hydrogen) atoms. The van der Waals surface area contributed by atoms with E-state index in [1.54, 1.807) is 11.8 Å². The van der Waals surface area contributed by atoms with Gasteiger partial charge < -0.3 is 5.73 Å². The molecule has 0 aromatic heterocycles. The minimum Gasteiger partial charge on any atom is -0.328 e. The molecular weight excluding hydrogens is 190 g/mol. The van der Waals surface area contributed by atoms with E-state index in [2.05, 4.69) is 37.4 Å². The van der Waals surface area contributed by atoms with E-state index in [0.717, 1.165) is 12.8 Å². The Morgan fingerprint density at radius 1 is 1.29 bits per heavy atom. The Balaban J connectivity index is 2.36. The Hall–Kier alpha value is -0.470. The molecule has 1 unspecified atom stereocenters. The third-order valence-corrected chi connectivity index (χ3v) is 3.03. The van der Waals surface area contributed by atoms with Crippen LogP contribution in [0.15, 0.2) is 29.2 Å². The van der Waals surface area contributed by atoms with Crippen molar-refractivity contribution in [3.8, 4) is 0 Å². The lowest BCUT2D eigenvalue weighted by molar-refractivity contribution is 0.624. The minimum atomic E-state index is 0.334. The SMILES string of the molecule is CSc1ccc(CCCC(C)N)cc1. The Morgan fingerprint density at radius 3 is 2.43 bits per heavy atom. The van der Waals surface area contributed by atoms with E-state index in [-0.39, 0.29) is 0 Å². The van der Waals surface area contributed by atoms with Gasteiger partial charge in [0.05, 0.1) is 0 Å². The largest absolute Gasteiger partial charge is 0.328 e. The highest BCUT2D eigenvalue weighted by Crippen LogP contribution is 2.16. The zero-order chi connectivity index (χ0) is 10.4. The molecule has 1 aromatic carbocycles. The second-order valence-corrected chi connectivity index (χ2v) is 4.60. The monoisotopic (exact) mass is 209 g/mol. The number of benzene rings is 1. The molecule has 78 valence electrons. The van der Waals surface area contributed by atoms with Crippen LogP contribution in [0.25, 0.3) is 0 Å². The van der Waals surface area contributed by atoms with Crippen LogP contribution in [0.2, 0.25) is 0 Å². The van der Waals surface area contributed by atoms with Gasteiger partial charge in [-0.25, -0.2) is 0 Å². The molecule has 0 aliphatic heterocycles. The Morgan fingerprint density at radius 2 is 1.93 bits per heavy atom. The molecule has 1 nitrogen and oxygen atoms in total. The van der Waals surface area contributed by atoms with E-state index in [4.69, 9.17) is 5.73 Å². The van der Waals surface area contributed by atoms with E-state index >= 15 is 0 Å². The maximum Gasteiger partial charge on any atom is 0.00693 e. The topological polar surface area (TPSA) is 26.0 Å². The van der Waals surface area contributed by atoms with Gasteiger partial charge in [-0.1, -0.05) is 12.1 Å². The minimum absolute atomic E-state index is 0.334. The third-order valence-electron chi connectivity index (χ3n) is 2.28. The van der Waals surface area contributed by atoms with Crippen LogP contribution in [0, 0.1) is 0 Å². The van der Waals surface area contributed by atoms with E-state index < -0.39 is 0 Å². The van der Waals surface area contributed by atoms with Crippen molar-refractivity contribution >= 4 is 11.8 Å². The lowest BCUT2D eigenvalue weighted by Gasteiger charge is -2.05. The number of aryl methyl sites for hydroxylation is 1. The zero-order valence-electron chi connectivity index (χ0n) is 8.99. The first kappa shape index (κ1) is 11.6. The van der Waals surface area contributed by atoms with Crippen molar-refractivity contribution in [2.24, 2.45) is 5.73 Å². The smallest absolute Gasteiger partial charge is 0.00693 e. The summed E-state index contributed by atoms with van der Waals surface area (Å²) in [6.45, 7) is 2.07. The van der Waals surface area contributed by atoms with Crippen LogP contribution in [0.5, 0.6) is 0 Å². The molecule has 0 radical (unpaired) electrons. The van der Waals surface area contributed by atoms with Gasteiger partial charge >= 0.3 is 0 Å². The Bertz CT molecular complexity index is 254. The van der Waals surface area contributed by atoms with Gasteiger partial charge in [0.25, 0.3) is 0 Å². The van der Waals surface area contributed by atoms with Gasteiger partial charge in [0.1, 0.15) is 0 Å². The number of rotatable bonds is 5. The fourth-order valence-electron chi connectivity index (χ4n) is 1.42. The molecule has 2 N–H and O–H groups in total. The summed E-state index contributed by atoms with van der Waals surface area (Å²) in [6.07, 6.45) is 5.56. The van der Waals surface area contributed by atoms with Crippen molar-refractivity contribution in [3.63, 3.8) is 0 Å². The average Bonchev–Trinajstić information content (AvgIpc) is 2.18. The molecule has 0 amide bonds. The van der Waals surface area contributed by atoms with Crippen LogP contribution >= 0.6 is 11.8 Å². The summed E-state index contributed by atoms with van der Waals surface area (Å²) in [7, 11) is 0. The number of hydrogen-bond donors (Lipinski definition) is 1. The zero-order valence-corrected chi connectivity index (χ0v) is 9.81. The summed E-state index contributed by atoms with van der Waals surface area (Å²) in [5.41, 5.74) is 7.12. The lowest BCUT2D eigenvalue weighted by atomic mass is 10.1. The quantitative estimate of drug-likeness (QED) is 0.754. The van der Waals surface area contributed by atoms with Crippen LogP contribution in [-0.4, -0.2) is 12.3 Å². The van der Waals surface area contributed by atoms with Crippen LogP contribution in [0.3, 0.4) is 0 Å². The normalized spacial score (nSPS) is 12.8. The third kappa shape index (κ3) is 4.16. The van der Waals surface area contributed by atoms with Crippen molar-refractivity contribution < 1.29 is 0 Å². The molecule has 0 aliphatic rings. The summed E-state index contributed by atoms with van der Waals surface area (Å²) in [6, 6.07) is 9.14. The standard InChI is InChI=1S/C12H19NS/c1-10(13)4-3-5-11-6-8-12(14-2)9-7-11/h6-10H,3-5,13H2,1-2H3. The maximum absolute atomic E-state index is 5.70. The highest BCUT2D eigenvalue weighted by molar-refractivity contribution is 7.98. The number of thioether (sulfide) groups is 1. The highest BCUT2D eigenvalue weighted by Gasteiger charge is 1.96. The molecule has 0 spiro atoms. The molecule has 0 saturated carbocycles. The van der Waals surface area contributed by atoms with Crippen LogP contribution < -0.4 is 5.73 Å². The molecule has 0 aliphatic carbocycles. The average molecular weight is 209 g/mol. The van der Waals surface area contributed by atoms with Crippen molar-refractivity contribution in [1.29, 1.82) is 0 Å². The Labute approximate surface area is 91.1 Å². The summed E-state index contributed by atoms with van der Waals surface area (Å²) in [5.74, 6) is 0. The van der Waals surface area contributed by atoms with Gasteiger partial charge in [-0.15, -0.1) is 11.8 Å². The summed E-state index contributed by atoms with van der Waals surface area (Å²) < 4.78 is 0. The van der Waals surface area contributed by atoms with Gasteiger partial charge in [-0.3, -0.25) is 0 Å². The van der Waals surface area contributed by atoms with Gasteiger partial charge in [0.2, 0.25) is 0 Å². The predicted octanol–water partition coefficient (Wildman–Crippen LogP) is 3.08. The number of nitrogens with two attached hydrogens (primary N) is 1. The van der Waals surface area contributed by atoms with Crippen molar-refractivity contribution in [2.75, 3.05) is 6.26 Å². The molecular formula is C12H19NS. The van der Waals surface area contributed by atoms with Crippen LogP contribution in [-0.2, 0) is 6.42 Å². The van der Waals surface area contributed by atoms with E-state index in [9.17, 15) is 0 Å². The summed E-state index contributed by atoms with van der Waals surface area (Å²) in [4.78, 5) is 1.33. The predicted molar refractivity (Wildman–Crippen MR) is 64.8 cm³/mol. The van der Waals surface area contributed by atoms with Crippen molar-refractivity contribution in [3.05, 3.63) is 29.8 Å². The first-order chi connectivity index (χ1) is 6.72. The van der Waals surface area contributed by atoms with Crippen LogP contribution in [0.1, 0.15) is 25.3 Å². The lowest BCUT2D eigenvalue weighted by Crippen LogP contribution is -2.14. The van der Waals surface area contributed by atoms with Gasteiger partial charge in [0, 0.05) is 10.9 Å². The first-order valence-corrected chi connectivity index (χ1v) is 6.33. The Kier molecular flexibility index (Phi) is 5.05. The molecule has 0 bridgehead atoms. The van der Waals surface area contributed by atoms with Crippen molar-refractivity contribution in [1.82, 2.24) is 0 Å². The summed E-state index contributed by atoms with van der Waals surface area (Å²) >= 11 is 1.79. The summed E-state index contributed by atoms with van der Waals surface area (Å²) in [5, 5.41) is 0. The second kappa shape index (κ2) is 6.10. The van der Waals surface area contributed by atoms with E-state index in [1.165, 1.54) is 16.9 Å². The fraction of sp³-hybridized carbons (Fsp3) is 0.500. The highest BCUT2D eigenvalue weighted by atomic mass is 32.2. The number of hydrogen-bond acceptors (Lipinski definition) is 2. The molecule has 0 heterocycles. The molecule has 2 heteroatoms. The van der Waals surface area contributed by atoms with E-state index in [0.29, 0.717) is 6.04 Å². The molecule has 1 rings (SSSR count). The fourth-order valence-corrected chi connectivity index (χ4v) is 1.83. The maximum atomic E-state index is 5.70. The second-order valence-electron chi connectivity index (χ2n) is 3.72. The molecule has 0 saturated heterocycles. The molecule has 1 aromatic rings.